The number of aliphatic carboxylic acids is 1. The fraction of sp³-hybridized carbons (Fsp3) is 0.600. The summed E-state index contributed by atoms with van der Waals surface area (Å²) >= 11 is 0. The van der Waals surface area contributed by atoms with Gasteiger partial charge in [-0.2, -0.15) is 0 Å². The molecule has 10 heavy (non-hydrogen) atoms. The maximum absolute atomic E-state index is 11.4. The van der Waals surface area contributed by atoms with Crippen LogP contribution < -0.4 is 10.4 Å². The lowest BCUT2D eigenvalue weighted by molar-refractivity contribution is -0.306. The van der Waals surface area contributed by atoms with E-state index in [-0.39, 0.29) is 6.42 Å². The summed E-state index contributed by atoms with van der Waals surface area (Å²) in [6.07, 6.45) is -2.11. The van der Waals surface area contributed by atoms with Crippen LogP contribution in [-0.4, -0.2) is 18.2 Å². The van der Waals surface area contributed by atoms with E-state index in [4.69, 9.17) is 0 Å². The molecule has 0 aliphatic heterocycles. The van der Waals surface area contributed by atoms with Gasteiger partial charge in [-0.15, -0.1) is 4.39 Å². The SMILES string of the molecule is CC(CC(=O)[O-])NC(=O)F. The summed E-state index contributed by atoms with van der Waals surface area (Å²) in [6.45, 7) is 1.37. The molecular formula is C5H7FNO3-. The molecule has 0 aromatic heterocycles. The first-order chi connectivity index (χ1) is 4.52. The average molecular weight is 148 g/mol. The summed E-state index contributed by atoms with van der Waals surface area (Å²) in [6, 6.07) is -0.720. The van der Waals surface area contributed by atoms with E-state index in [1.807, 2.05) is 0 Å². The number of hydrogen-bond donors (Lipinski definition) is 1. The molecule has 1 atom stereocenters. The average Bonchev–Trinajstić information content (AvgIpc) is 1.58. The van der Waals surface area contributed by atoms with Crippen LogP contribution in [0.1, 0.15) is 13.3 Å². The zero-order chi connectivity index (χ0) is 8.15. The molecule has 0 bridgehead atoms. The smallest absolute Gasteiger partial charge is 0.397 e. The van der Waals surface area contributed by atoms with Gasteiger partial charge in [0, 0.05) is 18.4 Å². The van der Waals surface area contributed by atoms with Gasteiger partial charge >= 0.3 is 6.16 Å². The highest BCUT2D eigenvalue weighted by Gasteiger charge is 2.04. The van der Waals surface area contributed by atoms with Crippen molar-refractivity contribution in [2.75, 3.05) is 0 Å². The Morgan fingerprint density at radius 1 is 1.70 bits per heavy atom. The number of carboxylic acid groups (broad SMARTS) is 1. The summed E-state index contributed by atoms with van der Waals surface area (Å²) in [5, 5.41) is 11.6. The Labute approximate surface area is 57.0 Å². The second-order valence-corrected chi connectivity index (χ2v) is 1.90. The van der Waals surface area contributed by atoms with E-state index in [0.29, 0.717) is 0 Å². The second-order valence-electron chi connectivity index (χ2n) is 1.90. The third-order valence-corrected chi connectivity index (χ3v) is 0.833. The van der Waals surface area contributed by atoms with E-state index in [1.165, 1.54) is 6.92 Å². The van der Waals surface area contributed by atoms with Gasteiger partial charge in [0.15, 0.2) is 0 Å². The normalized spacial score (nSPS) is 12.2. The zero-order valence-corrected chi connectivity index (χ0v) is 5.39. The second kappa shape index (κ2) is 3.81. The van der Waals surface area contributed by atoms with Crippen LogP contribution in [0.25, 0.3) is 0 Å². The summed E-state index contributed by atoms with van der Waals surface area (Å²) in [5.74, 6) is -1.32. The van der Waals surface area contributed by atoms with Crippen molar-refractivity contribution >= 4 is 12.1 Å². The highest BCUT2D eigenvalue weighted by Crippen LogP contribution is 1.88. The minimum atomic E-state index is -1.73. The van der Waals surface area contributed by atoms with E-state index in [0.717, 1.165) is 0 Å². The molecule has 0 radical (unpaired) electrons. The topological polar surface area (TPSA) is 69.2 Å². The van der Waals surface area contributed by atoms with Crippen molar-refractivity contribution in [2.45, 2.75) is 19.4 Å². The Morgan fingerprint density at radius 3 is 2.50 bits per heavy atom. The Bertz CT molecular complexity index is 132. The van der Waals surface area contributed by atoms with Crippen molar-refractivity contribution in [1.29, 1.82) is 0 Å². The van der Waals surface area contributed by atoms with Gasteiger partial charge in [0.25, 0.3) is 0 Å². The highest BCUT2D eigenvalue weighted by molar-refractivity contribution is 5.69. The molecule has 0 aromatic carbocycles. The number of hydrogen-bond acceptors (Lipinski definition) is 3. The van der Waals surface area contributed by atoms with Crippen molar-refractivity contribution in [3.8, 4) is 0 Å². The molecule has 0 saturated heterocycles. The third kappa shape index (κ3) is 5.02. The van der Waals surface area contributed by atoms with Gasteiger partial charge < -0.3 is 15.2 Å². The molecule has 0 heterocycles. The van der Waals surface area contributed by atoms with Crippen LogP contribution in [0.3, 0.4) is 0 Å². The van der Waals surface area contributed by atoms with Crippen molar-refractivity contribution < 1.29 is 19.1 Å². The lowest BCUT2D eigenvalue weighted by atomic mass is 10.2. The largest absolute Gasteiger partial charge is 0.550 e. The van der Waals surface area contributed by atoms with Gasteiger partial charge in [0.05, 0.1) is 0 Å². The van der Waals surface area contributed by atoms with Crippen molar-refractivity contribution in [3.63, 3.8) is 0 Å². The van der Waals surface area contributed by atoms with Gasteiger partial charge in [-0.05, 0) is 6.92 Å². The molecule has 58 valence electrons. The van der Waals surface area contributed by atoms with Gasteiger partial charge in [0.2, 0.25) is 0 Å². The Balaban J connectivity index is 3.53. The van der Waals surface area contributed by atoms with Gasteiger partial charge in [-0.1, -0.05) is 0 Å². The van der Waals surface area contributed by atoms with E-state index in [1.54, 1.807) is 5.32 Å². The minimum absolute atomic E-state index is 0.379. The lowest BCUT2D eigenvalue weighted by Gasteiger charge is -2.09. The minimum Gasteiger partial charge on any atom is -0.550 e. The number of amides is 1. The van der Waals surface area contributed by atoms with E-state index >= 15 is 0 Å². The Hall–Kier alpha value is -1.13. The molecule has 0 aromatic rings. The third-order valence-electron chi connectivity index (χ3n) is 0.833. The molecule has 0 rings (SSSR count). The van der Waals surface area contributed by atoms with Crippen LogP contribution in [0.5, 0.6) is 0 Å². The van der Waals surface area contributed by atoms with Crippen molar-refractivity contribution in [1.82, 2.24) is 5.32 Å². The van der Waals surface area contributed by atoms with Gasteiger partial charge in [-0.3, -0.25) is 0 Å². The van der Waals surface area contributed by atoms with Crippen LogP contribution in [0.15, 0.2) is 0 Å². The maximum atomic E-state index is 11.4. The Kier molecular flexibility index (Phi) is 3.38. The van der Waals surface area contributed by atoms with Crippen molar-refractivity contribution in [2.24, 2.45) is 0 Å². The number of carbonyl (C=O) groups excluding carboxylic acids is 2. The molecule has 1 unspecified atom stereocenters. The first kappa shape index (κ1) is 8.87. The van der Waals surface area contributed by atoms with Crippen LogP contribution in [-0.2, 0) is 4.79 Å². The van der Waals surface area contributed by atoms with Crippen LogP contribution in [0.4, 0.5) is 9.18 Å². The highest BCUT2D eigenvalue weighted by atomic mass is 19.1. The Morgan fingerprint density at radius 2 is 2.20 bits per heavy atom. The molecule has 0 fully saturated rings. The molecule has 1 amide bonds. The molecule has 4 nitrogen and oxygen atoms in total. The number of carbonyl (C=O) groups is 2. The molecule has 0 aliphatic carbocycles. The standard InChI is InChI=1S/C5H8FNO3/c1-3(2-4(8)9)7-5(6)10/h3H,2H2,1H3,(H,7,10)(H,8,9)/p-1. The van der Waals surface area contributed by atoms with E-state index < -0.39 is 18.2 Å². The van der Waals surface area contributed by atoms with Crippen LogP contribution in [0.2, 0.25) is 0 Å². The first-order valence-corrected chi connectivity index (χ1v) is 2.68. The monoisotopic (exact) mass is 148 g/mol. The number of nitrogens with one attached hydrogen (secondary N) is 1. The molecule has 0 saturated carbocycles. The number of carboxylic acids is 1. The molecule has 5 heteroatoms. The van der Waals surface area contributed by atoms with E-state index in [2.05, 4.69) is 0 Å². The van der Waals surface area contributed by atoms with Crippen LogP contribution in [0, 0.1) is 0 Å². The zero-order valence-electron chi connectivity index (χ0n) is 5.39. The lowest BCUT2D eigenvalue weighted by Crippen LogP contribution is -2.35. The molecule has 0 spiro atoms. The van der Waals surface area contributed by atoms with Gasteiger partial charge in [0.1, 0.15) is 0 Å². The van der Waals surface area contributed by atoms with Gasteiger partial charge in [-0.25, -0.2) is 4.79 Å². The summed E-state index contributed by atoms with van der Waals surface area (Å²) in [7, 11) is 0. The summed E-state index contributed by atoms with van der Waals surface area (Å²) in [5.41, 5.74) is 0. The molecule has 0 aliphatic rings. The van der Waals surface area contributed by atoms with Crippen LogP contribution >= 0.6 is 0 Å². The first-order valence-electron chi connectivity index (χ1n) is 2.68. The fourth-order valence-corrected chi connectivity index (χ4v) is 0.495. The number of halogens is 1. The summed E-state index contributed by atoms with van der Waals surface area (Å²) < 4.78 is 11.4. The quantitative estimate of drug-likeness (QED) is 0.420. The maximum Gasteiger partial charge on any atom is 0.397 e. The predicted molar refractivity (Wildman–Crippen MR) is 28.7 cm³/mol. The predicted octanol–water partition coefficient (Wildman–Crippen LogP) is -0.806. The fourth-order valence-electron chi connectivity index (χ4n) is 0.495. The molecule has 1 N–H and O–H groups in total. The van der Waals surface area contributed by atoms with E-state index in [9.17, 15) is 19.1 Å². The number of rotatable bonds is 3. The van der Waals surface area contributed by atoms with Crippen molar-refractivity contribution in [3.05, 3.63) is 0 Å². The molecular weight excluding hydrogens is 141 g/mol. The summed E-state index contributed by atoms with van der Waals surface area (Å²) in [4.78, 5) is 19.5.